The molecule has 0 aliphatic carbocycles. The van der Waals surface area contributed by atoms with Crippen molar-refractivity contribution in [1.82, 2.24) is 4.90 Å². The lowest BCUT2D eigenvalue weighted by Gasteiger charge is -2.24. The molecule has 2 aliphatic rings. The van der Waals surface area contributed by atoms with Crippen molar-refractivity contribution in [1.29, 1.82) is 0 Å². The van der Waals surface area contributed by atoms with Gasteiger partial charge in [-0.25, -0.2) is 0 Å². The van der Waals surface area contributed by atoms with Gasteiger partial charge in [0.05, 0.1) is 6.10 Å². The summed E-state index contributed by atoms with van der Waals surface area (Å²) in [6.45, 7) is 2.21. The van der Waals surface area contributed by atoms with E-state index < -0.39 is 0 Å². The Morgan fingerprint density at radius 1 is 1.14 bits per heavy atom. The fraction of sp³-hybridized carbons (Fsp3) is 0.611. The molecule has 2 heterocycles. The van der Waals surface area contributed by atoms with Crippen LogP contribution in [0, 0.1) is 0 Å². The van der Waals surface area contributed by atoms with E-state index in [1.165, 1.54) is 5.56 Å². The minimum atomic E-state index is -0.262. The van der Waals surface area contributed by atoms with Gasteiger partial charge in [0.2, 0.25) is 0 Å². The van der Waals surface area contributed by atoms with E-state index in [0.29, 0.717) is 12.5 Å². The lowest BCUT2D eigenvalue weighted by atomic mass is 9.92. The summed E-state index contributed by atoms with van der Waals surface area (Å²) < 4.78 is 5.76. The molecule has 0 aromatic heterocycles. The number of nitrogens with two attached hydrogens (primary N) is 1. The van der Waals surface area contributed by atoms with Crippen LogP contribution in [0.1, 0.15) is 43.6 Å². The number of likely N-dealkylation sites (tertiary alicyclic amines) is 1. The molecule has 0 radical (unpaired) electrons. The van der Waals surface area contributed by atoms with E-state index in [0.717, 1.165) is 45.2 Å². The summed E-state index contributed by atoms with van der Waals surface area (Å²) in [4.78, 5) is 14.6. The molecule has 0 bridgehead atoms. The number of nitrogens with zero attached hydrogens (tertiary/aromatic N) is 1. The molecular formula is C18H26N2O2. The molecule has 2 aliphatic heterocycles. The molecule has 120 valence electrons. The number of hydrogen-bond donors (Lipinski definition) is 1. The molecule has 0 saturated carbocycles. The van der Waals surface area contributed by atoms with Crippen molar-refractivity contribution in [3.8, 4) is 0 Å². The Labute approximate surface area is 132 Å². The van der Waals surface area contributed by atoms with Gasteiger partial charge in [0.25, 0.3) is 5.91 Å². The first-order chi connectivity index (χ1) is 10.8. The predicted molar refractivity (Wildman–Crippen MR) is 86.6 cm³/mol. The number of carbonyl (C=O) groups is 1. The zero-order valence-electron chi connectivity index (χ0n) is 13.1. The van der Waals surface area contributed by atoms with Crippen LogP contribution < -0.4 is 5.73 Å². The molecule has 2 saturated heterocycles. The molecule has 1 aromatic carbocycles. The highest BCUT2D eigenvalue weighted by Crippen LogP contribution is 2.29. The summed E-state index contributed by atoms with van der Waals surface area (Å²) in [5.74, 6) is 0.741. The van der Waals surface area contributed by atoms with Crippen molar-refractivity contribution in [3.63, 3.8) is 0 Å². The van der Waals surface area contributed by atoms with Crippen molar-refractivity contribution in [2.45, 2.75) is 50.2 Å². The molecule has 4 heteroatoms. The van der Waals surface area contributed by atoms with Crippen LogP contribution in [0.25, 0.3) is 0 Å². The first-order valence-electron chi connectivity index (χ1n) is 8.47. The standard InChI is InChI=1S/C18H26N2O2/c19-13-16-8-9-17(22-16)18(21)20-11-4-7-15(10-12-20)14-5-2-1-3-6-14/h1-3,5-6,15-17H,4,7-13,19H2/t15?,16-,17+/m1/s1. The van der Waals surface area contributed by atoms with Gasteiger partial charge in [-0.1, -0.05) is 30.3 Å². The van der Waals surface area contributed by atoms with E-state index in [-0.39, 0.29) is 18.1 Å². The second kappa shape index (κ2) is 7.25. The van der Waals surface area contributed by atoms with Crippen LogP contribution in [0.5, 0.6) is 0 Å². The highest BCUT2D eigenvalue weighted by Gasteiger charge is 2.33. The number of carbonyl (C=O) groups excluding carboxylic acids is 1. The maximum atomic E-state index is 12.6. The van der Waals surface area contributed by atoms with Gasteiger partial charge in [-0.15, -0.1) is 0 Å². The predicted octanol–water partition coefficient (Wildman–Crippen LogP) is 2.29. The highest BCUT2D eigenvalue weighted by molar-refractivity contribution is 5.81. The second-order valence-electron chi connectivity index (χ2n) is 6.42. The Morgan fingerprint density at radius 3 is 2.68 bits per heavy atom. The normalized spacial score (nSPS) is 29.3. The van der Waals surface area contributed by atoms with Crippen molar-refractivity contribution in [2.75, 3.05) is 19.6 Å². The summed E-state index contributed by atoms with van der Waals surface area (Å²) >= 11 is 0. The molecule has 1 unspecified atom stereocenters. The van der Waals surface area contributed by atoms with Gasteiger partial charge in [0.15, 0.2) is 0 Å². The minimum Gasteiger partial charge on any atom is -0.364 e. The third-order valence-corrected chi connectivity index (χ3v) is 4.96. The zero-order valence-corrected chi connectivity index (χ0v) is 13.1. The van der Waals surface area contributed by atoms with Crippen LogP contribution in [0.4, 0.5) is 0 Å². The van der Waals surface area contributed by atoms with Crippen molar-refractivity contribution in [2.24, 2.45) is 5.73 Å². The highest BCUT2D eigenvalue weighted by atomic mass is 16.5. The molecule has 22 heavy (non-hydrogen) atoms. The number of ether oxygens (including phenoxy) is 1. The topological polar surface area (TPSA) is 55.6 Å². The lowest BCUT2D eigenvalue weighted by molar-refractivity contribution is -0.142. The summed E-state index contributed by atoms with van der Waals surface area (Å²) in [5, 5.41) is 0. The third kappa shape index (κ3) is 3.50. The smallest absolute Gasteiger partial charge is 0.251 e. The summed E-state index contributed by atoms with van der Waals surface area (Å²) in [6.07, 6.45) is 4.80. The summed E-state index contributed by atoms with van der Waals surface area (Å²) in [5.41, 5.74) is 7.03. The van der Waals surface area contributed by atoms with E-state index in [9.17, 15) is 4.79 Å². The quantitative estimate of drug-likeness (QED) is 0.932. The average Bonchev–Trinajstić information content (AvgIpc) is 2.92. The van der Waals surface area contributed by atoms with Gasteiger partial charge in [0, 0.05) is 19.6 Å². The number of amides is 1. The molecule has 3 rings (SSSR count). The summed E-state index contributed by atoms with van der Waals surface area (Å²) in [7, 11) is 0. The molecule has 2 fully saturated rings. The Bertz CT molecular complexity index is 491. The van der Waals surface area contributed by atoms with Crippen molar-refractivity contribution in [3.05, 3.63) is 35.9 Å². The van der Waals surface area contributed by atoms with Gasteiger partial charge >= 0.3 is 0 Å². The molecule has 1 aromatic rings. The van der Waals surface area contributed by atoms with E-state index >= 15 is 0 Å². The fourth-order valence-electron chi connectivity index (χ4n) is 3.64. The van der Waals surface area contributed by atoms with E-state index in [1.54, 1.807) is 0 Å². The molecule has 4 nitrogen and oxygen atoms in total. The Morgan fingerprint density at radius 2 is 1.95 bits per heavy atom. The maximum absolute atomic E-state index is 12.6. The number of rotatable bonds is 3. The second-order valence-corrected chi connectivity index (χ2v) is 6.42. The van der Waals surface area contributed by atoms with Crippen LogP contribution in [-0.4, -0.2) is 42.6 Å². The van der Waals surface area contributed by atoms with Crippen LogP contribution in [0.2, 0.25) is 0 Å². The largest absolute Gasteiger partial charge is 0.364 e. The Hall–Kier alpha value is -1.39. The van der Waals surface area contributed by atoms with E-state index in [4.69, 9.17) is 10.5 Å². The third-order valence-electron chi connectivity index (χ3n) is 4.96. The van der Waals surface area contributed by atoms with Crippen molar-refractivity contribution >= 4 is 5.91 Å². The van der Waals surface area contributed by atoms with E-state index in [2.05, 4.69) is 30.3 Å². The summed E-state index contributed by atoms with van der Waals surface area (Å²) in [6, 6.07) is 10.7. The minimum absolute atomic E-state index is 0.0676. The molecule has 1 amide bonds. The first kappa shape index (κ1) is 15.5. The zero-order chi connectivity index (χ0) is 15.4. The Balaban J connectivity index is 1.57. The number of benzene rings is 1. The first-order valence-corrected chi connectivity index (χ1v) is 8.47. The maximum Gasteiger partial charge on any atom is 0.251 e. The lowest BCUT2D eigenvalue weighted by Crippen LogP contribution is -2.40. The van der Waals surface area contributed by atoms with Crippen LogP contribution in [-0.2, 0) is 9.53 Å². The van der Waals surface area contributed by atoms with Crippen LogP contribution >= 0.6 is 0 Å². The Kier molecular flexibility index (Phi) is 5.11. The molecule has 0 spiro atoms. The van der Waals surface area contributed by atoms with Crippen molar-refractivity contribution < 1.29 is 9.53 Å². The van der Waals surface area contributed by atoms with Gasteiger partial charge in [-0.3, -0.25) is 4.79 Å². The SMILES string of the molecule is NC[C@H]1CC[C@@H](C(=O)N2CCCC(c3ccccc3)CC2)O1. The fourth-order valence-corrected chi connectivity index (χ4v) is 3.64. The monoisotopic (exact) mass is 302 g/mol. The van der Waals surface area contributed by atoms with E-state index in [1.807, 2.05) is 4.90 Å². The van der Waals surface area contributed by atoms with Gasteiger partial charge in [-0.2, -0.15) is 0 Å². The molecule has 3 atom stereocenters. The van der Waals surface area contributed by atoms with Gasteiger partial charge in [-0.05, 0) is 43.6 Å². The van der Waals surface area contributed by atoms with Gasteiger partial charge in [0.1, 0.15) is 6.10 Å². The number of hydrogen-bond acceptors (Lipinski definition) is 3. The molecular weight excluding hydrogens is 276 g/mol. The van der Waals surface area contributed by atoms with Crippen LogP contribution in [0.3, 0.4) is 0 Å². The molecule has 2 N–H and O–H groups in total. The van der Waals surface area contributed by atoms with Crippen LogP contribution in [0.15, 0.2) is 30.3 Å². The van der Waals surface area contributed by atoms with Gasteiger partial charge < -0.3 is 15.4 Å². The average molecular weight is 302 g/mol.